The van der Waals surface area contributed by atoms with Gasteiger partial charge in [-0.2, -0.15) is 0 Å². The van der Waals surface area contributed by atoms with Crippen LogP contribution in [-0.2, 0) is 17.3 Å². The Hall–Kier alpha value is -1.19. The van der Waals surface area contributed by atoms with Crippen LogP contribution in [0.15, 0.2) is 23.6 Å². The Morgan fingerprint density at radius 3 is 2.37 bits per heavy atom. The Bertz CT molecular complexity index is 810. The third-order valence-electron chi connectivity index (χ3n) is 7.06. The van der Waals surface area contributed by atoms with Crippen molar-refractivity contribution in [3.63, 3.8) is 0 Å². The Morgan fingerprint density at radius 2 is 1.67 bits per heavy atom. The first kappa shape index (κ1) is 19.1. The molecular formula is C24H34N2S. The SMILES string of the molecule is CC1(C)CCC(C)(C)c2cc(-c3csc(CC4CCC(N)CC4)n3)ccc21. The first-order valence-electron chi connectivity index (χ1n) is 10.6. The minimum absolute atomic E-state index is 0.251. The minimum atomic E-state index is 0.251. The van der Waals surface area contributed by atoms with Crippen molar-refractivity contribution in [2.24, 2.45) is 11.7 Å². The molecule has 3 heteroatoms. The fourth-order valence-electron chi connectivity index (χ4n) is 4.92. The average molecular weight is 383 g/mol. The van der Waals surface area contributed by atoms with Gasteiger partial charge < -0.3 is 5.73 Å². The molecule has 27 heavy (non-hydrogen) atoms. The van der Waals surface area contributed by atoms with Crippen LogP contribution >= 0.6 is 11.3 Å². The Kier molecular flexibility index (Phi) is 4.97. The highest BCUT2D eigenvalue weighted by Crippen LogP contribution is 2.46. The van der Waals surface area contributed by atoms with Crippen molar-refractivity contribution in [3.8, 4) is 11.3 Å². The zero-order valence-electron chi connectivity index (χ0n) is 17.3. The summed E-state index contributed by atoms with van der Waals surface area (Å²) < 4.78 is 0. The molecule has 0 saturated heterocycles. The van der Waals surface area contributed by atoms with Crippen molar-refractivity contribution in [3.05, 3.63) is 39.7 Å². The minimum Gasteiger partial charge on any atom is -0.328 e. The molecule has 0 bridgehead atoms. The Labute approximate surface area is 168 Å². The maximum atomic E-state index is 6.05. The van der Waals surface area contributed by atoms with Gasteiger partial charge in [0.1, 0.15) is 0 Å². The van der Waals surface area contributed by atoms with Gasteiger partial charge in [-0.1, -0.05) is 39.8 Å². The Balaban J connectivity index is 1.57. The second kappa shape index (κ2) is 7.00. The summed E-state index contributed by atoms with van der Waals surface area (Å²) in [5.74, 6) is 0.770. The summed E-state index contributed by atoms with van der Waals surface area (Å²) in [7, 11) is 0. The third-order valence-corrected chi connectivity index (χ3v) is 7.93. The van der Waals surface area contributed by atoms with Crippen molar-refractivity contribution < 1.29 is 0 Å². The summed E-state index contributed by atoms with van der Waals surface area (Å²) in [6.45, 7) is 9.56. The van der Waals surface area contributed by atoms with E-state index in [1.54, 1.807) is 0 Å². The number of fused-ring (bicyclic) bond motifs is 1. The van der Waals surface area contributed by atoms with Crippen molar-refractivity contribution in [2.75, 3.05) is 0 Å². The van der Waals surface area contributed by atoms with Gasteiger partial charge in [0.05, 0.1) is 10.7 Å². The lowest BCUT2D eigenvalue weighted by Crippen LogP contribution is -2.33. The van der Waals surface area contributed by atoms with Gasteiger partial charge in [-0.05, 0) is 72.5 Å². The van der Waals surface area contributed by atoms with Crippen LogP contribution in [0.3, 0.4) is 0 Å². The first-order valence-corrected chi connectivity index (χ1v) is 11.5. The molecule has 4 rings (SSSR count). The van der Waals surface area contributed by atoms with Gasteiger partial charge in [0.25, 0.3) is 0 Å². The molecule has 0 aliphatic heterocycles. The summed E-state index contributed by atoms with van der Waals surface area (Å²) >= 11 is 1.83. The number of nitrogens with two attached hydrogens (primary N) is 1. The summed E-state index contributed by atoms with van der Waals surface area (Å²) in [6.07, 6.45) is 8.52. The van der Waals surface area contributed by atoms with Crippen molar-refractivity contribution in [1.29, 1.82) is 0 Å². The van der Waals surface area contributed by atoms with E-state index in [4.69, 9.17) is 10.7 Å². The average Bonchev–Trinajstić information content (AvgIpc) is 3.09. The fraction of sp³-hybridized carbons (Fsp3) is 0.625. The number of rotatable bonds is 3. The van der Waals surface area contributed by atoms with E-state index < -0.39 is 0 Å². The molecule has 2 aliphatic rings. The smallest absolute Gasteiger partial charge is 0.0935 e. The number of thiazole rings is 1. The molecule has 2 nitrogen and oxygen atoms in total. The molecule has 1 fully saturated rings. The van der Waals surface area contributed by atoms with Crippen LogP contribution in [0.5, 0.6) is 0 Å². The molecule has 2 aromatic rings. The van der Waals surface area contributed by atoms with Crippen LogP contribution in [-0.4, -0.2) is 11.0 Å². The lowest BCUT2D eigenvalue weighted by atomic mass is 9.63. The Morgan fingerprint density at radius 1 is 1.00 bits per heavy atom. The van der Waals surface area contributed by atoms with Gasteiger partial charge in [-0.15, -0.1) is 11.3 Å². The van der Waals surface area contributed by atoms with Crippen molar-refractivity contribution >= 4 is 11.3 Å². The van der Waals surface area contributed by atoms with E-state index in [1.165, 1.54) is 60.2 Å². The van der Waals surface area contributed by atoms with Crippen LogP contribution < -0.4 is 5.73 Å². The molecule has 2 aliphatic carbocycles. The van der Waals surface area contributed by atoms with Crippen LogP contribution in [0, 0.1) is 5.92 Å². The molecule has 0 spiro atoms. The number of hydrogen-bond acceptors (Lipinski definition) is 3. The number of hydrogen-bond donors (Lipinski definition) is 1. The molecule has 0 atom stereocenters. The van der Waals surface area contributed by atoms with E-state index >= 15 is 0 Å². The van der Waals surface area contributed by atoms with Gasteiger partial charge in [0.15, 0.2) is 0 Å². The summed E-state index contributed by atoms with van der Waals surface area (Å²) in [4.78, 5) is 5.01. The molecule has 1 aromatic heterocycles. The predicted molar refractivity (Wildman–Crippen MR) is 116 cm³/mol. The molecule has 0 radical (unpaired) electrons. The molecule has 146 valence electrons. The maximum absolute atomic E-state index is 6.05. The first-order chi connectivity index (χ1) is 12.7. The zero-order chi connectivity index (χ0) is 19.2. The number of nitrogens with zero attached hydrogens (tertiary/aromatic N) is 1. The van der Waals surface area contributed by atoms with Gasteiger partial charge >= 0.3 is 0 Å². The van der Waals surface area contributed by atoms with E-state index in [0.29, 0.717) is 6.04 Å². The largest absolute Gasteiger partial charge is 0.328 e. The van der Waals surface area contributed by atoms with Crippen molar-refractivity contribution in [2.45, 2.75) is 89.5 Å². The van der Waals surface area contributed by atoms with E-state index in [1.807, 2.05) is 11.3 Å². The quantitative estimate of drug-likeness (QED) is 0.684. The lowest BCUT2D eigenvalue weighted by Gasteiger charge is -2.42. The number of aromatic nitrogens is 1. The molecule has 2 N–H and O–H groups in total. The van der Waals surface area contributed by atoms with Crippen LogP contribution in [0.2, 0.25) is 0 Å². The second-order valence-electron chi connectivity index (χ2n) is 10.1. The molecule has 1 heterocycles. The zero-order valence-corrected chi connectivity index (χ0v) is 18.2. The highest BCUT2D eigenvalue weighted by atomic mass is 32.1. The predicted octanol–water partition coefficient (Wildman–Crippen LogP) is 6.22. The van der Waals surface area contributed by atoms with Crippen molar-refractivity contribution in [1.82, 2.24) is 4.98 Å². The highest BCUT2D eigenvalue weighted by molar-refractivity contribution is 7.09. The topological polar surface area (TPSA) is 38.9 Å². The van der Waals surface area contributed by atoms with Gasteiger partial charge in [-0.25, -0.2) is 4.98 Å². The molecule has 1 saturated carbocycles. The van der Waals surface area contributed by atoms with Gasteiger partial charge in [0.2, 0.25) is 0 Å². The maximum Gasteiger partial charge on any atom is 0.0935 e. The lowest BCUT2D eigenvalue weighted by molar-refractivity contribution is 0.324. The van der Waals surface area contributed by atoms with E-state index in [0.717, 1.165) is 18.0 Å². The van der Waals surface area contributed by atoms with E-state index in [9.17, 15) is 0 Å². The molecular weight excluding hydrogens is 348 g/mol. The third kappa shape index (κ3) is 3.86. The summed E-state index contributed by atoms with van der Waals surface area (Å²) in [5, 5.41) is 3.55. The molecule has 0 unspecified atom stereocenters. The van der Waals surface area contributed by atoms with E-state index in [-0.39, 0.29) is 10.8 Å². The normalized spacial score (nSPS) is 26.6. The molecule has 1 aromatic carbocycles. The van der Waals surface area contributed by atoms with Gasteiger partial charge in [0, 0.05) is 23.4 Å². The molecule has 0 amide bonds. The van der Waals surface area contributed by atoms with Crippen LogP contribution in [0.25, 0.3) is 11.3 Å². The number of benzene rings is 1. The monoisotopic (exact) mass is 382 g/mol. The summed E-state index contributed by atoms with van der Waals surface area (Å²) in [5.41, 5.74) is 12.1. The van der Waals surface area contributed by atoms with Gasteiger partial charge in [-0.3, -0.25) is 0 Å². The van der Waals surface area contributed by atoms with Crippen LogP contribution in [0.1, 0.15) is 82.4 Å². The second-order valence-corrected chi connectivity index (χ2v) is 11.1. The highest BCUT2D eigenvalue weighted by Gasteiger charge is 2.37. The summed E-state index contributed by atoms with van der Waals surface area (Å²) in [6, 6.07) is 7.51. The van der Waals surface area contributed by atoms with E-state index in [2.05, 4.69) is 51.3 Å². The standard InChI is InChI=1S/C24H34N2S/c1-23(2)11-12-24(3,4)20-14-17(7-10-19(20)23)21-15-27-22(26-21)13-16-5-8-18(25)9-6-16/h7,10,14-16,18H,5-6,8-9,11-13,25H2,1-4H3. The fourth-order valence-corrected chi connectivity index (χ4v) is 5.84. The van der Waals surface area contributed by atoms with Crippen LogP contribution in [0.4, 0.5) is 0 Å².